The standard InChI is InChI=1S/C15H19BrN2O5S/c16-12-3-5-13(6-4-12)24(22,23)17-8-7-14(19)18-9-1-2-11(10-18)15(20)21/h3-6,11,17H,1-2,7-10H2,(H,20,21). The van der Waals surface area contributed by atoms with E-state index in [1.165, 1.54) is 17.0 Å². The van der Waals surface area contributed by atoms with Gasteiger partial charge in [0, 0.05) is 30.5 Å². The van der Waals surface area contributed by atoms with Crippen LogP contribution in [0.25, 0.3) is 0 Å². The summed E-state index contributed by atoms with van der Waals surface area (Å²) < 4.78 is 27.4. The number of benzene rings is 1. The second kappa shape index (κ2) is 8.09. The van der Waals surface area contributed by atoms with E-state index >= 15 is 0 Å². The van der Waals surface area contributed by atoms with E-state index in [1.807, 2.05) is 0 Å². The lowest BCUT2D eigenvalue weighted by molar-refractivity contribution is -0.145. The average molecular weight is 419 g/mol. The fourth-order valence-electron chi connectivity index (χ4n) is 2.55. The van der Waals surface area contributed by atoms with Crippen molar-refractivity contribution in [2.75, 3.05) is 19.6 Å². The number of carbonyl (C=O) groups is 2. The maximum Gasteiger partial charge on any atom is 0.308 e. The molecule has 0 radical (unpaired) electrons. The fraction of sp³-hybridized carbons (Fsp3) is 0.467. The molecule has 1 aromatic carbocycles. The van der Waals surface area contributed by atoms with Gasteiger partial charge >= 0.3 is 5.97 Å². The third-order valence-electron chi connectivity index (χ3n) is 3.88. The third-order valence-corrected chi connectivity index (χ3v) is 5.88. The van der Waals surface area contributed by atoms with Crippen LogP contribution in [0.5, 0.6) is 0 Å². The fourth-order valence-corrected chi connectivity index (χ4v) is 3.85. The Bertz CT molecular complexity index is 705. The van der Waals surface area contributed by atoms with Gasteiger partial charge in [-0.25, -0.2) is 13.1 Å². The number of hydrogen-bond donors (Lipinski definition) is 2. The lowest BCUT2D eigenvalue weighted by atomic mass is 9.98. The van der Waals surface area contributed by atoms with Crippen molar-refractivity contribution in [2.24, 2.45) is 5.92 Å². The molecule has 1 aliphatic heterocycles. The predicted octanol–water partition coefficient (Wildman–Crippen LogP) is 1.44. The zero-order valence-corrected chi connectivity index (χ0v) is 15.3. The minimum Gasteiger partial charge on any atom is -0.481 e. The van der Waals surface area contributed by atoms with Crippen molar-refractivity contribution < 1.29 is 23.1 Å². The summed E-state index contributed by atoms with van der Waals surface area (Å²) in [6.07, 6.45) is 1.21. The van der Waals surface area contributed by atoms with Gasteiger partial charge in [0.1, 0.15) is 0 Å². The smallest absolute Gasteiger partial charge is 0.308 e. The Morgan fingerprint density at radius 2 is 1.96 bits per heavy atom. The van der Waals surface area contributed by atoms with Gasteiger partial charge in [0.05, 0.1) is 10.8 Å². The molecule has 0 spiro atoms. The van der Waals surface area contributed by atoms with Crippen LogP contribution in [0.4, 0.5) is 0 Å². The molecule has 1 fully saturated rings. The Morgan fingerprint density at radius 1 is 1.29 bits per heavy atom. The van der Waals surface area contributed by atoms with Crippen molar-refractivity contribution >= 4 is 37.8 Å². The SMILES string of the molecule is O=C(O)C1CCCN(C(=O)CCNS(=O)(=O)c2ccc(Br)cc2)C1. The molecule has 0 saturated carbocycles. The Labute approximate surface area is 149 Å². The quantitative estimate of drug-likeness (QED) is 0.727. The van der Waals surface area contributed by atoms with E-state index in [9.17, 15) is 18.0 Å². The van der Waals surface area contributed by atoms with E-state index < -0.39 is 21.9 Å². The molecular formula is C15H19BrN2O5S. The maximum atomic E-state index is 12.1. The topological polar surface area (TPSA) is 104 Å². The first kappa shape index (κ1) is 18.9. The predicted molar refractivity (Wildman–Crippen MR) is 90.9 cm³/mol. The first-order chi connectivity index (χ1) is 11.3. The summed E-state index contributed by atoms with van der Waals surface area (Å²) in [5.41, 5.74) is 0. The van der Waals surface area contributed by atoms with Crippen molar-refractivity contribution in [1.82, 2.24) is 9.62 Å². The molecule has 1 aromatic rings. The van der Waals surface area contributed by atoms with Gasteiger partial charge in [0.25, 0.3) is 0 Å². The highest BCUT2D eigenvalue weighted by atomic mass is 79.9. The largest absolute Gasteiger partial charge is 0.481 e. The highest BCUT2D eigenvalue weighted by molar-refractivity contribution is 9.10. The molecule has 1 atom stereocenters. The minimum atomic E-state index is -3.66. The zero-order chi connectivity index (χ0) is 17.7. The molecular weight excluding hydrogens is 400 g/mol. The van der Waals surface area contributed by atoms with Gasteiger partial charge in [0.2, 0.25) is 15.9 Å². The number of halogens is 1. The summed E-state index contributed by atoms with van der Waals surface area (Å²) in [6.45, 7) is 0.682. The Hall–Kier alpha value is -1.45. The molecule has 1 amide bonds. The van der Waals surface area contributed by atoms with Gasteiger partial charge in [-0.2, -0.15) is 0 Å². The molecule has 1 heterocycles. The number of carbonyl (C=O) groups excluding carboxylic acids is 1. The summed E-state index contributed by atoms with van der Waals surface area (Å²) in [4.78, 5) is 24.8. The first-order valence-corrected chi connectivity index (χ1v) is 9.83. The van der Waals surface area contributed by atoms with Crippen LogP contribution < -0.4 is 4.72 Å². The number of nitrogens with one attached hydrogen (secondary N) is 1. The highest BCUT2D eigenvalue weighted by Gasteiger charge is 2.28. The molecule has 24 heavy (non-hydrogen) atoms. The van der Waals surface area contributed by atoms with E-state index in [0.717, 1.165) is 4.47 Å². The van der Waals surface area contributed by atoms with Crippen LogP contribution >= 0.6 is 15.9 Å². The van der Waals surface area contributed by atoms with Crippen LogP contribution in [0.1, 0.15) is 19.3 Å². The normalized spacial score (nSPS) is 18.4. The van der Waals surface area contributed by atoms with Crippen LogP contribution in [0, 0.1) is 5.92 Å². The second-order valence-corrected chi connectivity index (χ2v) is 8.30. The van der Waals surface area contributed by atoms with Crippen LogP contribution in [0.2, 0.25) is 0 Å². The number of amides is 1. The molecule has 1 unspecified atom stereocenters. The number of carboxylic acid groups (broad SMARTS) is 1. The highest BCUT2D eigenvalue weighted by Crippen LogP contribution is 2.17. The molecule has 9 heteroatoms. The number of hydrogen-bond acceptors (Lipinski definition) is 4. The second-order valence-electron chi connectivity index (χ2n) is 5.62. The summed E-state index contributed by atoms with van der Waals surface area (Å²) in [5.74, 6) is -1.68. The van der Waals surface area contributed by atoms with Gasteiger partial charge in [0.15, 0.2) is 0 Å². The number of rotatable bonds is 6. The molecule has 1 saturated heterocycles. The van der Waals surface area contributed by atoms with Gasteiger partial charge in [-0.05, 0) is 37.1 Å². The lowest BCUT2D eigenvalue weighted by Gasteiger charge is -2.30. The molecule has 7 nitrogen and oxygen atoms in total. The van der Waals surface area contributed by atoms with Gasteiger partial charge in [-0.15, -0.1) is 0 Å². The number of piperidine rings is 1. The molecule has 0 aromatic heterocycles. The zero-order valence-electron chi connectivity index (χ0n) is 12.9. The lowest BCUT2D eigenvalue weighted by Crippen LogP contribution is -2.43. The van der Waals surface area contributed by atoms with Crippen LogP contribution in [-0.4, -0.2) is 49.9 Å². The monoisotopic (exact) mass is 418 g/mol. The van der Waals surface area contributed by atoms with E-state index in [4.69, 9.17) is 5.11 Å². The summed E-state index contributed by atoms with van der Waals surface area (Å²) in [7, 11) is -3.66. The summed E-state index contributed by atoms with van der Waals surface area (Å²) in [5, 5.41) is 9.03. The van der Waals surface area contributed by atoms with E-state index in [1.54, 1.807) is 12.1 Å². The third kappa shape index (κ3) is 5.02. The number of carboxylic acids is 1. The van der Waals surface area contributed by atoms with Crippen molar-refractivity contribution in [3.05, 3.63) is 28.7 Å². The van der Waals surface area contributed by atoms with Crippen LogP contribution in [0.3, 0.4) is 0 Å². The molecule has 1 aliphatic rings. The Kier molecular flexibility index (Phi) is 6.36. The van der Waals surface area contributed by atoms with Crippen LogP contribution in [-0.2, 0) is 19.6 Å². The van der Waals surface area contributed by atoms with Crippen molar-refractivity contribution in [3.8, 4) is 0 Å². The van der Waals surface area contributed by atoms with Gasteiger partial charge < -0.3 is 10.0 Å². The molecule has 2 N–H and O–H groups in total. The van der Waals surface area contributed by atoms with Crippen molar-refractivity contribution in [3.63, 3.8) is 0 Å². The Morgan fingerprint density at radius 3 is 2.58 bits per heavy atom. The number of aliphatic carboxylic acids is 1. The first-order valence-electron chi connectivity index (χ1n) is 7.55. The molecule has 0 aliphatic carbocycles. The number of likely N-dealkylation sites (tertiary alicyclic amines) is 1. The molecule has 132 valence electrons. The number of sulfonamides is 1. The molecule has 2 rings (SSSR count). The van der Waals surface area contributed by atoms with Crippen LogP contribution in [0.15, 0.2) is 33.6 Å². The van der Waals surface area contributed by atoms with E-state index in [-0.39, 0.29) is 30.3 Å². The minimum absolute atomic E-state index is 0.00208. The van der Waals surface area contributed by atoms with Gasteiger partial charge in [-0.3, -0.25) is 9.59 Å². The summed E-state index contributed by atoms with van der Waals surface area (Å²) >= 11 is 3.24. The summed E-state index contributed by atoms with van der Waals surface area (Å²) in [6, 6.07) is 6.19. The average Bonchev–Trinajstić information content (AvgIpc) is 2.55. The number of nitrogens with zero attached hydrogens (tertiary/aromatic N) is 1. The van der Waals surface area contributed by atoms with Crippen molar-refractivity contribution in [2.45, 2.75) is 24.2 Å². The molecule has 0 bridgehead atoms. The Balaban J connectivity index is 1.85. The van der Waals surface area contributed by atoms with E-state index in [2.05, 4.69) is 20.7 Å². The van der Waals surface area contributed by atoms with Crippen molar-refractivity contribution in [1.29, 1.82) is 0 Å². The maximum absolute atomic E-state index is 12.1. The van der Waals surface area contributed by atoms with Gasteiger partial charge in [-0.1, -0.05) is 15.9 Å². The van der Waals surface area contributed by atoms with E-state index in [0.29, 0.717) is 19.4 Å².